The quantitative estimate of drug-likeness (QED) is 0.180. The van der Waals surface area contributed by atoms with E-state index in [0.29, 0.717) is 0 Å². The van der Waals surface area contributed by atoms with E-state index in [2.05, 4.69) is 158 Å². The fraction of sp³-hybridized carbons (Fsp3) is 0.163. The average molecular weight is 668 g/mol. The predicted molar refractivity (Wildman–Crippen MR) is 203 cm³/mol. The van der Waals surface area contributed by atoms with E-state index in [1.54, 1.807) is 0 Å². The van der Waals surface area contributed by atoms with Crippen LogP contribution < -0.4 is 11.1 Å². The second-order valence-electron chi connectivity index (χ2n) is 12.7. The second-order valence-corrected chi connectivity index (χ2v) is 13.6. The van der Waals surface area contributed by atoms with Gasteiger partial charge in [-0.1, -0.05) is 148 Å². The molecule has 3 heteroatoms. The number of benzene rings is 6. The van der Waals surface area contributed by atoms with Crippen molar-refractivity contribution in [3.63, 3.8) is 0 Å². The maximum atomic E-state index is 5.36. The minimum atomic E-state index is 0. The molecule has 6 aromatic carbocycles. The molecule has 8 rings (SSSR count). The lowest BCUT2D eigenvalue weighted by molar-refractivity contribution is 0.660. The van der Waals surface area contributed by atoms with E-state index in [-0.39, 0.29) is 18.3 Å². The first-order valence-corrected chi connectivity index (χ1v) is 16.2. The number of rotatable bonds is 2. The van der Waals surface area contributed by atoms with Crippen molar-refractivity contribution in [3.8, 4) is 22.3 Å². The van der Waals surface area contributed by atoms with E-state index in [1.807, 2.05) is 36.4 Å². The first kappa shape index (κ1) is 32.8. The molecule has 0 bridgehead atoms. The number of halogens is 1. The molecule has 0 fully saturated rings. The van der Waals surface area contributed by atoms with Gasteiger partial charge in [0.25, 0.3) is 0 Å². The molecule has 0 heterocycles. The third-order valence-electron chi connectivity index (χ3n) is 8.99. The lowest BCUT2D eigenvalue weighted by Crippen LogP contribution is -2.15. The normalized spacial score (nSPS) is 13.6. The number of para-hydroxylation sites is 2. The van der Waals surface area contributed by atoms with Crippen LogP contribution in [0, 0.1) is 0 Å². The van der Waals surface area contributed by atoms with Crippen LogP contribution in [-0.2, 0) is 10.8 Å². The Morgan fingerprint density at radius 3 is 1.41 bits per heavy atom. The summed E-state index contributed by atoms with van der Waals surface area (Å²) in [4.78, 5) is 0. The van der Waals surface area contributed by atoms with Gasteiger partial charge in [0, 0.05) is 32.4 Å². The van der Waals surface area contributed by atoms with E-state index in [0.717, 1.165) is 21.5 Å². The minimum absolute atomic E-state index is 0. The molecular formula is C43H43BrN2. The molecule has 2 nitrogen and oxygen atoms in total. The maximum absolute atomic E-state index is 5.36. The first-order chi connectivity index (χ1) is 21.7. The zero-order valence-electron chi connectivity index (χ0n) is 26.3. The number of fused-ring (bicyclic) bond motifs is 6. The number of nitrogen functional groups attached to an aromatic ring is 1. The lowest BCUT2D eigenvalue weighted by atomic mass is 9.82. The molecular weight excluding hydrogens is 624 g/mol. The van der Waals surface area contributed by atoms with Crippen molar-refractivity contribution in [1.29, 1.82) is 0 Å². The topological polar surface area (TPSA) is 38.0 Å². The molecule has 0 aliphatic heterocycles. The van der Waals surface area contributed by atoms with Gasteiger partial charge in [-0.15, -0.1) is 0 Å². The van der Waals surface area contributed by atoms with Crippen LogP contribution in [0.5, 0.6) is 0 Å². The van der Waals surface area contributed by atoms with E-state index in [9.17, 15) is 0 Å². The zero-order valence-corrected chi connectivity index (χ0v) is 27.9. The predicted octanol–water partition coefficient (Wildman–Crippen LogP) is 12.4. The molecule has 3 N–H and O–H groups in total. The van der Waals surface area contributed by atoms with E-state index in [1.165, 1.54) is 44.5 Å². The largest absolute Gasteiger partial charge is 0.399 e. The molecule has 46 heavy (non-hydrogen) atoms. The minimum Gasteiger partial charge on any atom is -0.399 e. The van der Waals surface area contributed by atoms with E-state index < -0.39 is 0 Å². The summed E-state index contributed by atoms with van der Waals surface area (Å²) in [6.45, 7) is 9.21. The van der Waals surface area contributed by atoms with Crippen molar-refractivity contribution in [1.82, 2.24) is 0 Å². The molecule has 0 atom stereocenters. The maximum Gasteiger partial charge on any atom is 0.0387 e. The molecule has 0 aromatic heterocycles. The van der Waals surface area contributed by atoms with Crippen LogP contribution in [0.2, 0.25) is 0 Å². The van der Waals surface area contributed by atoms with Gasteiger partial charge in [-0.05, 0) is 93.0 Å². The van der Waals surface area contributed by atoms with Crippen LogP contribution in [0.25, 0.3) is 22.3 Å². The molecule has 2 aliphatic rings. The fourth-order valence-electron chi connectivity index (χ4n) is 6.60. The van der Waals surface area contributed by atoms with Gasteiger partial charge in [-0.3, -0.25) is 0 Å². The molecule has 232 valence electrons. The van der Waals surface area contributed by atoms with Crippen LogP contribution in [0.3, 0.4) is 0 Å². The van der Waals surface area contributed by atoms with Gasteiger partial charge in [-0.25, -0.2) is 0 Å². The summed E-state index contributed by atoms with van der Waals surface area (Å²) in [5.74, 6) is 0. The average Bonchev–Trinajstić information content (AvgIpc) is 3.42. The van der Waals surface area contributed by atoms with E-state index >= 15 is 0 Å². The Balaban J connectivity index is 0.000000152. The molecule has 6 aromatic rings. The number of hydrogen-bond donors (Lipinski definition) is 2. The number of anilines is 3. The highest BCUT2D eigenvalue weighted by atomic mass is 79.9. The van der Waals surface area contributed by atoms with Crippen LogP contribution in [-0.4, -0.2) is 0 Å². The first-order valence-electron chi connectivity index (χ1n) is 15.4. The number of nitrogens with one attached hydrogen (secondary N) is 1. The molecule has 0 spiro atoms. The van der Waals surface area contributed by atoms with Crippen molar-refractivity contribution >= 4 is 33.0 Å². The van der Waals surface area contributed by atoms with E-state index in [4.69, 9.17) is 5.73 Å². The van der Waals surface area contributed by atoms with Gasteiger partial charge < -0.3 is 11.1 Å². The highest BCUT2D eigenvalue weighted by Crippen LogP contribution is 2.50. The van der Waals surface area contributed by atoms with Crippen LogP contribution >= 0.6 is 15.9 Å². The summed E-state index contributed by atoms with van der Waals surface area (Å²) in [7, 11) is 0. The molecule has 0 amide bonds. The van der Waals surface area contributed by atoms with Crippen molar-refractivity contribution < 1.29 is 0 Å². The Morgan fingerprint density at radius 2 is 0.891 bits per heavy atom. The van der Waals surface area contributed by atoms with Crippen molar-refractivity contribution in [2.45, 2.75) is 46.0 Å². The summed E-state index contributed by atoms with van der Waals surface area (Å²) in [5.41, 5.74) is 19.8. The molecule has 0 radical (unpaired) electrons. The van der Waals surface area contributed by atoms with Crippen molar-refractivity contribution in [2.24, 2.45) is 0 Å². The fourth-order valence-corrected chi connectivity index (χ4v) is 6.96. The molecule has 0 saturated carbocycles. The monoisotopic (exact) mass is 666 g/mol. The standard InChI is InChI=1S/C21H19N.C15H13Br.C6H7N.CH4/c1-21(2)19-11-7-6-10-17(19)18-13-12-16(14-20(18)21)22-15-8-4-3-5-9-15;1-15(2)13-6-4-3-5-11(13)12-8-7-10(16)9-14(12)15;7-6-4-2-1-3-5-6;/h3-14,22H,1-2H3;3-9H,1-2H3;1-5H,7H2;1H4. The molecule has 0 saturated heterocycles. The van der Waals surface area contributed by atoms with Crippen LogP contribution in [0.1, 0.15) is 57.4 Å². The Morgan fingerprint density at radius 1 is 0.457 bits per heavy atom. The summed E-state index contributed by atoms with van der Waals surface area (Å²) in [6.07, 6.45) is 0. The summed E-state index contributed by atoms with van der Waals surface area (Å²) in [5, 5.41) is 3.50. The van der Waals surface area contributed by atoms with Crippen LogP contribution in [0.4, 0.5) is 17.1 Å². The SMILES string of the molecule is C.CC1(C)c2ccccc2-c2ccc(Br)cc21.CC1(C)c2ccccc2-c2ccc(Nc3ccccc3)cc21.Nc1ccccc1. The highest BCUT2D eigenvalue weighted by molar-refractivity contribution is 9.10. The van der Waals surface area contributed by atoms with Crippen molar-refractivity contribution in [2.75, 3.05) is 11.1 Å². The van der Waals surface area contributed by atoms with Gasteiger partial charge in [0.1, 0.15) is 0 Å². The molecule has 0 unspecified atom stereocenters. The van der Waals surface area contributed by atoms with Gasteiger partial charge in [0.05, 0.1) is 0 Å². The van der Waals surface area contributed by atoms with Gasteiger partial charge >= 0.3 is 0 Å². The summed E-state index contributed by atoms with van der Waals surface area (Å²) < 4.78 is 1.16. The third-order valence-corrected chi connectivity index (χ3v) is 9.48. The Kier molecular flexibility index (Phi) is 9.55. The Bertz CT molecular complexity index is 1940. The summed E-state index contributed by atoms with van der Waals surface area (Å²) in [6, 6.07) is 50.5. The Labute approximate surface area is 283 Å². The van der Waals surface area contributed by atoms with Gasteiger partial charge in [0.15, 0.2) is 0 Å². The summed E-state index contributed by atoms with van der Waals surface area (Å²) >= 11 is 3.56. The van der Waals surface area contributed by atoms with Gasteiger partial charge in [0.2, 0.25) is 0 Å². The smallest absolute Gasteiger partial charge is 0.0387 e. The number of hydrogen-bond acceptors (Lipinski definition) is 2. The van der Waals surface area contributed by atoms with Crippen molar-refractivity contribution in [3.05, 3.63) is 172 Å². The van der Waals surface area contributed by atoms with Gasteiger partial charge in [-0.2, -0.15) is 0 Å². The zero-order chi connectivity index (χ0) is 31.6. The second kappa shape index (κ2) is 13.4. The lowest BCUT2D eigenvalue weighted by Gasteiger charge is -2.22. The highest BCUT2D eigenvalue weighted by Gasteiger charge is 2.36. The van der Waals surface area contributed by atoms with Crippen LogP contribution in [0.15, 0.2) is 150 Å². The Hall–Kier alpha value is -4.60. The third kappa shape index (κ3) is 6.38. The molecule has 2 aliphatic carbocycles. The number of nitrogens with two attached hydrogens (primary N) is 1.